The molecule has 5 aromatic rings. The summed E-state index contributed by atoms with van der Waals surface area (Å²) < 4.78 is 17.4. The highest BCUT2D eigenvalue weighted by Gasteiger charge is 2.21. The van der Waals surface area contributed by atoms with Crippen LogP contribution in [0, 0.1) is 5.82 Å². The summed E-state index contributed by atoms with van der Waals surface area (Å²) >= 11 is 12.6. The lowest BCUT2D eigenvalue weighted by atomic mass is 10.1. The minimum atomic E-state index is -0.621. The molecule has 3 aromatic heterocycles. The Labute approximate surface area is 231 Å². The minimum absolute atomic E-state index is 0.0209. The molecule has 0 spiro atoms. The van der Waals surface area contributed by atoms with E-state index < -0.39 is 17.6 Å². The number of carbonyl (C=O) groups excluding carboxylic acids is 2. The van der Waals surface area contributed by atoms with Gasteiger partial charge in [-0.1, -0.05) is 41.4 Å². The first-order valence-electron chi connectivity index (χ1n) is 11.6. The van der Waals surface area contributed by atoms with Gasteiger partial charge < -0.3 is 10.6 Å². The van der Waals surface area contributed by atoms with Gasteiger partial charge in [0.1, 0.15) is 30.0 Å². The number of aromatic nitrogens is 6. The summed E-state index contributed by atoms with van der Waals surface area (Å²) in [5.41, 5.74) is 0.889. The first-order chi connectivity index (χ1) is 18.9. The van der Waals surface area contributed by atoms with Crippen molar-refractivity contribution in [2.24, 2.45) is 0 Å². The first kappa shape index (κ1) is 26.0. The molecule has 5 rings (SSSR count). The molecule has 2 N–H and O–H groups in total. The number of hydrogen-bond donors (Lipinski definition) is 2. The molecule has 10 nitrogen and oxygen atoms in total. The molecule has 0 radical (unpaired) electrons. The van der Waals surface area contributed by atoms with Gasteiger partial charge in [0.2, 0.25) is 0 Å². The summed E-state index contributed by atoms with van der Waals surface area (Å²) in [6.07, 6.45) is 4.36. The summed E-state index contributed by atoms with van der Waals surface area (Å²) in [4.78, 5) is 34.1. The van der Waals surface area contributed by atoms with Gasteiger partial charge in [0.25, 0.3) is 11.8 Å². The van der Waals surface area contributed by atoms with Crippen LogP contribution in [0.4, 0.5) is 10.2 Å². The molecule has 0 saturated carbocycles. The van der Waals surface area contributed by atoms with Crippen LogP contribution >= 0.6 is 23.2 Å². The highest BCUT2D eigenvalue weighted by Crippen LogP contribution is 2.33. The molecular formula is C26H19Cl2FN8O2. The van der Waals surface area contributed by atoms with Crippen molar-refractivity contribution in [3.05, 3.63) is 107 Å². The van der Waals surface area contributed by atoms with Crippen molar-refractivity contribution in [1.82, 2.24) is 34.8 Å². The van der Waals surface area contributed by atoms with Crippen LogP contribution in [0.5, 0.6) is 0 Å². The van der Waals surface area contributed by atoms with E-state index in [1.807, 2.05) is 6.07 Å². The molecule has 3 heterocycles. The maximum absolute atomic E-state index is 14.4. The maximum Gasteiger partial charge on any atom is 0.271 e. The van der Waals surface area contributed by atoms with Crippen LogP contribution in [0.3, 0.4) is 0 Å². The predicted molar refractivity (Wildman–Crippen MR) is 144 cm³/mol. The third kappa shape index (κ3) is 5.79. The van der Waals surface area contributed by atoms with Crippen LogP contribution in [-0.4, -0.2) is 47.9 Å². The van der Waals surface area contributed by atoms with Crippen molar-refractivity contribution in [1.29, 1.82) is 0 Å². The van der Waals surface area contributed by atoms with Crippen molar-refractivity contribution < 1.29 is 14.0 Å². The number of para-hydroxylation sites is 1. The lowest BCUT2D eigenvalue weighted by Crippen LogP contribution is -2.27. The molecular weight excluding hydrogens is 546 g/mol. The van der Waals surface area contributed by atoms with Crippen molar-refractivity contribution in [2.45, 2.75) is 6.54 Å². The van der Waals surface area contributed by atoms with E-state index in [1.165, 1.54) is 47.5 Å². The number of halogens is 3. The summed E-state index contributed by atoms with van der Waals surface area (Å²) in [7, 11) is 0. The molecule has 0 atom stereocenters. The third-order valence-corrected chi connectivity index (χ3v) is 6.22. The molecule has 0 saturated heterocycles. The summed E-state index contributed by atoms with van der Waals surface area (Å²) in [5, 5.41) is 14.1. The standard InChI is InChI=1S/C26H19Cl2FN8O2/c27-19-12-20(28)18(11-17(19)24-21(29)7-4-8-31-24)25(38)34-23-13-22(35-37(23)16-5-2-1-3-6-16)26(39)32-9-10-36-15-30-14-33-36/h1-8,11-15H,9-10H2,(H,32,39)(H,34,38). The quantitative estimate of drug-likeness (QED) is 0.283. The summed E-state index contributed by atoms with van der Waals surface area (Å²) in [5.74, 6) is -1.46. The Morgan fingerprint density at radius 2 is 1.79 bits per heavy atom. The number of benzene rings is 2. The molecule has 196 valence electrons. The van der Waals surface area contributed by atoms with Crippen LogP contribution in [0.1, 0.15) is 20.8 Å². The van der Waals surface area contributed by atoms with E-state index in [9.17, 15) is 14.0 Å². The average Bonchev–Trinajstić information content (AvgIpc) is 3.60. The maximum atomic E-state index is 14.4. The van der Waals surface area contributed by atoms with E-state index in [2.05, 4.69) is 30.8 Å². The van der Waals surface area contributed by atoms with E-state index in [1.54, 1.807) is 35.3 Å². The lowest BCUT2D eigenvalue weighted by molar-refractivity contribution is 0.0945. The topological polar surface area (TPSA) is 120 Å². The Kier molecular flexibility index (Phi) is 7.62. The van der Waals surface area contributed by atoms with Gasteiger partial charge in [0.05, 0.1) is 27.8 Å². The van der Waals surface area contributed by atoms with Crippen molar-refractivity contribution in [2.75, 3.05) is 11.9 Å². The monoisotopic (exact) mass is 564 g/mol. The number of nitrogens with zero attached hydrogens (tertiary/aromatic N) is 6. The number of nitrogens with one attached hydrogen (secondary N) is 2. The Bertz CT molecular complexity index is 1640. The van der Waals surface area contributed by atoms with Crippen molar-refractivity contribution >= 4 is 40.8 Å². The molecule has 0 unspecified atom stereocenters. The first-order valence-corrected chi connectivity index (χ1v) is 12.3. The molecule has 13 heteroatoms. The minimum Gasteiger partial charge on any atom is -0.349 e. The SMILES string of the molecule is O=C(NCCn1cncn1)c1cc(NC(=O)c2cc(-c3ncccc3F)c(Cl)cc2Cl)n(-c2ccccc2)n1. The van der Waals surface area contributed by atoms with Gasteiger partial charge in [-0.05, 0) is 36.4 Å². The summed E-state index contributed by atoms with van der Waals surface area (Å²) in [6.45, 7) is 0.707. The molecule has 0 bridgehead atoms. The number of pyridine rings is 1. The molecule has 2 amide bonds. The highest BCUT2D eigenvalue weighted by molar-refractivity contribution is 6.38. The number of amides is 2. The fourth-order valence-electron chi connectivity index (χ4n) is 3.74. The van der Waals surface area contributed by atoms with Crippen LogP contribution < -0.4 is 10.6 Å². The van der Waals surface area contributed by atoms with Gasteiger partial charge in [-0.25, -0.2) is 14.1 Å². The Hall–Kier alpha value is -4.61. The molecule has 39 heavy (non-hydrogen) atoms. The third-order valence-electron chi connectivity index (χ3n) is 5.59. The highest BCUT2D eigenvalue weighted by atomic mass is 35.5. The Morgan fingerprint density at radius 1 is 0.974 bits per heavy atom. The zero-order valence-corrected chi connectivity index (χ0v) is 21.6. The van der Waals surface area contributed by atoms with Gasteiger partial charge in [0, 0.05) is 24.4 Å². The zero-order chi connectivity index (χ0) is 27.4. The van der Waals surface area contributed by atoms with Crippen LogP contribution in [0.25, 0.3) is 16.9 Å². The second kappa shape index (κ2) is 11.4. The Balaban J connectivity index is 1.43. The summed E-state index contributed by atoms with van der Waals surface area (Å²) in [6, 6.07) is 15.8. The predicted octanol–water partition coefficient (Wildman–Crippen LogP) is 4.65. The number of hydrogen-bond acceptors (Lipinski definition) is 6. The fraction of sp³-hybridized carbons (Fsp3) is 0.0769. The molecule has 0 aliphatic carbocycles. The van der Waals surface area contributed by atoms with Gasteiger partial charge in [0.15, 0.2) is 5.69 Å². The fourth-order valence-corrected chi connectivity index (χ4v) is 4.30. The van der Waals surface area contributed by atoms with E-state index >= 15 is 0 Å². The van der Waals surface area contributed by atoms with Crippen LogP contribution in [-0.2, 0) is 6.54 Å². The van der Waals surface area contributed by atoms with Crippen LogP contribution in [0.15, 0.2) is 79.5 Å². The molecule has 2 aromatic carbocycles. The average molecular weight is 565 g/mol. The van der Waals surface area contributed by atoms with Crippen LogP contribution in [0.2, 0.25) is 10.0 Å². The number of anilines is 1. The second-order valence-electron chi connectivity index (χ2n) is 8.18. The van der Waals surface area contributed by atoms with Gasteiger partial charge in [-0.3, -0.25) is 19.3 Å². The molecule has 0 fully saturated rings. The Morgan fingerprint density at radius 3 is 2.54 bits per heavy atom. The van der Waals surface area contributed by atoms with E-state index in [-0.39, 0.29) is 44.9 Å². The second-order valence-corrected chi connectivity index (χ2v) is 8.99. The lowest BCUT2D eigenvalue weighted by Gasteiger charge is -2.12. The molecule has 0 aliphatic heterocycles. The number of carbonyl (C=O) groups is 2. The zero-order valence-electron chi connectivity index (χ0n) is 20.1. The smallest absolute Gasteiger partial charge is 0.271 e. The molecule has 0 aliphatic rings. The van der Waals surface area contributed by atoms with E-state index in [0.717, 1.165) is 0 Å². The van der Waals surface area contributed by atoms with Gasteiger partial charge in [-0.15, -0.1) is 0 Å². The van der Waals surface area contributed by atoms with E-state index in [4.69, 9.17) is 23.2 Å². The van der Waals surface area contributed by atoms with Crippen molar-refractivity contribution in [3.63, 3.8) is 0 Å². The number of rotatable bonds is 8. The largest absolute Gasteiger partial charge is 0.349 e. The van der Waals surface area contributed by atoms with Gasteiger partial charge in [-0.2, -0.15) is 10.2 Å². The normalized spacial score (nSPS) is 10.8. The van der Waals surface area contributed by atoms with Gasteiger partial charge >= 0.3 is 0 Å². The van der Waals surface area contributed by atoms with Crippen molar-refractivity contribution in [3.8, 4) is 16.9 Å². The van der Waals surface area contributed by atoms with E-state index in [0.29, 0.717) is 12.2 Å².